The monoisotopic (exact) mass is 505 g/mol. The Morgan fingerprint density at radius 3 is 2.81 bits per heavy atom. The quantitative estimate of drug-likeness (QED) is 0.448. The van der Waals surface area contributed by atoms with Crippen LogP contribution in [-0.2, 0) is 7.05 Å². The van der Waals surface area contributed by atoms with Crippen LogP contribution in [0.2, 0.25) is 5.15 Å². The molecule has 10 heteroatoms. The lowest BCUT2D eigenvalue weighted by atomic mass is 10.1. The van der Waals surface area contributed by atoms with Gasteiger partial charge in [0.05, 0.1) is 16.8 Å². The van der Waals surface area contributed by atoms with E-state index in [1.54, 1.807) is 17.8 Å². The minimum absolute atomic E-state index is 0.0557. The predicted octanol–water partition coefficient (Wildman–Crippen LogP) is 4.22. The van der Waals surface area contributed by atoms with Gasteiger partial charge >= 0.3 is 0 Å². The Morgan fingerprint density at radius 2 is 2.08 bits per heavy atom. The molecule has 4 aromatic rings. The summed E-state index contributed by atoms with van der Waals surface area (Å²) in [5, 5.41) is 18.1. The van der Waals surface area contributed by atoms with E-state index in [-0.39, 0.29) is 17.5 Å². The molecule has 0 aliphatic carbocycles. The molecule has 0 bridgehead atoms. The topological polar surface area (TPSA) is 91.8 Å². The van der Waals surface area contributed by atoms with E-state index in [1.165, 1.54) is 12.1 Å². The Kier molecular flexibility index (Phi) is 6.24. The van der Waals surface area contributed by atoms with Gasteiger partial charge in [0.15, 0.2) is 0 Å². The van der Waals surface area contributed by atoms with E-state index in [2.05, 4.69) is 10.4 Å². The number of hydrogen-bond acceptors (Lipinski definition) is 5. The lowest BCUT2D eigenvalue weighted by molar-refractivity contribution is 0.0692. The maximum Gasteiger partial charge on any atom is 0.274 e. The zero-order chi connectivity index (χ0) is 25.6. The predicted molar refractivity (Wildman–Crippen MR) is 136 cm³/mol. The van der Waals surface area contributed by atoms with Gasteiger partial charge in [-0.25, -0.2) is 9.37 Å². The van der Waals surface area contributed by atoms with Crippen LogP contribution in [0.15, 0.2) is 36.4 Å². The molecule has 0 radical (unpaired) electrons. The van der Waals surface area contributed by atoms with E-state index in [0.717, 1.165) is 23.7 Å². The number of benzene rings is 2. The lowest BCUT2D eigenvalue weighted by Gasteiger charge is -2.32. The van der Waals surface area contributed by atoms with Crippen molar-refractivity contribution in [3.05, 3.63) is 64.3 Å². The van der Waals surface area contributed by atoms with Crippen LogP contribution in [0, 0.1) is 24.1 Å². The molecule has 0 spiro atoms. The van der Waals surface area contributed by atoms with Gasteiger partial charge in [-0.2, -0.15) is 10.4 Å². The number of piperidine rings is 1. The highest BCUT2D eigenvalue weighted by molar-refractivity contribution is 6.34. The number of nitrogens with zero attached hydrogens (tertiary/aromatic N) is 6. The molecule has 36 heavy (non-hydrogen) atoms. The number of imidazole rings is 1. The van der Waals surface area contributed by atoms with Gasteiger partial charge in [-0.05, 0) is 63.2 Å². The Morgan fingerprint density at radius 1 is 1.28 bits per heavy atom. The maximum absolute atomic E-state index is 14.6. The number of carbonyl (C=O) groups excluding carboxylic acids is 1. The van der Waals surface area contributed by atoms with Crippen molar-refractivity contribution < 1.29 is 9.18 Å². The van der Waals surface area contributed by atoms with Crippen LogP contribution in [0.1, 0.15) is 34.6 Å². The number of fused-ring (bicyclic) bond motifs is 1. The molecular formula is C26H25ClFN7O. The van der Waals surface area contributed by atoms with Gasteiger partial charge in [0.1, 0.15) is 28.6 Å². The molecule has 2 aromatic heterocycles. The molecule has 1 saturated heterocycles. The van der Waals surface area contributed by atoms with Crippen molar-refractivity contribution in [2.45, 2.75) is 25.8 Å². The molecule has 0 unspecified atom stereocenters. The van der Waals surface area contributed by atoms with Crippen LogP contribution in [0.5, 0.6) is 0 Å². The average molecular weight is 506 g/mol. The van der Waals surface area contributed by atoms with E-state index in [1.807, 2.05) is 47.7 Å². The first-order valence-corrected chi connectivity index (χ1v) is 12.1. The first-order valence-electron chi connectivity index (χ1n) is 11.7. The van der Waals surface area contributed by atoms with E-state index in [4.69, 9.17) is 21.8 Å². The Hall–Kier alpha value is -3.74. The van der Waals surface area contributed by atoms with Crippen LogP contribution in [-0.4, -0.2) is 56.3 Å². The van der Waals surface area contributed by atoms with Crippen molar-refractivity contribution in [1.29, 1.82) is 5.26 Å². The fourth-order valence-corrected chi connectivity index (χ4v) is 4.99. The number of hydrogen-bond donors (Lipinski definition) is 1. The summed E-state index contributed by atoms with van der Waals surface area (Å²) in [6.07, 6.45) is 1.91. The number of rotatable bonds is 4. The number of halogens is 2. The summed E-state index contributed by atoms with van der Waals surface area (Å²) in [6, 6.07) is 12.0. The van der Waals surface area contributed by atoms with E-state index in [0.29, 0.717) is 46.7 Å². The van der Waals surface area contributed by atoms with Crippen LogP contribution < -0.4 is 5.32 Å². The number of carbonyl (C=O) groups is 1. The molecule has 184 valence electrons. The van der Waals surface area contributed by atoms with Crippen molar-refractivity contribution >= 4 is 28.4 Å². The summed E-state index contributed by atoms with van der Waals surface area (Å²) in [5.41, 5.74) is 2.79. The number of likely N-dealkylation sites (tertiary alicyclic amines) is 1. The van der Waals surface area contributed by atoms with Gasteiger partial charge in [-0.15, -0.1) is 0 Å². The average Bonchev–Trinajstić information content (AvgIpc) is 3.38. The van der Waals surface area contributed by atoms with E-state index in [9.17, 15) is 9.18 Å². The number of nitriles is 1. The van der Waals surface area contributed by atoms with Gasteiger partial charge in [0.25, 0.3) is 5.91 Å². The summed E-state index contributed by atoms with van der Waals surface area (Å²) in [6.45, 7) is 3.08. The molecule has 1 fully saturated rings. The molecule has 1 amide bonds. The smallest absolute Gasteiger partial charge is 0.274 e. The fraction of sp³-hybridized carbons (Fsp3) is 0.308. The molecule has 1 aliphatic rings. The first kappa shape index (κ1) is 24.0. The second-order valence-electron chi connectivity index (χ2n) is 9.01. The van der Waals surface area contributed by atoms with E-state index >= 15 is 0 Å². The zero-order valence-corrected chi connectivity index (χ0v) is 21.0. The third-order valence-electron chi connectivity index (χ3n) is 6.78. The SMILES string of the molecule is CN[C@@H]1CCCN(C(=O)c2nc(-c3ccc(C#N)c(F)c3)n(-c3ccc4nn(C)c(Cl)c4c3)c2C)C1. The summed E-state index contributed by atoms with van der Waals surface area (Å²) in [4.78, 5) is 20.2. The normalized spacial score (nSPS) is 15.9. The standard InChI is InChI=1S/C26H25ClFN7O/c1-15-23(26(36)34-10-4-5-18(14-34)30-2)31-25(16-6-7-17(13-29)21(28)11-16)35(15)19-8-9-22-20(12-19)24(27)33(3)32-22/h6-9,11-12,18,30H,4-5,10,14H2,1-3H3/t18-/m1/s1. The van der Waals surface area contributed by atoms with Crippen LogP contribution in [0.4, 0.5) is 4.39 Å². The molecule has 1 atom stereocenters. The van der Waals surface area contributed by atoms with Gasteiger partial charge in [0, 0.05) is 42.8 Å². The minimum atomic E-state index is -0.645. The van der Waals surface area contributed by atoms with Gasteiger partial charge < -0.3 is 10.2 Å². The molecular weight excluding hydrogens is 481 g/mol. The third kappa shape index (κ3) is 4.02. The second kappa shape index (κ2) is 9.37. The second-order valence-corrected chi connectivity index (χ2v) is 9.36. The fourth-order valence-electron chi connectivity index (χ4n) is 4.80. The number of likely N-dealkylation sites (N-methyl/N-ethyl adjacent to an activating group) is 1. The Labute approximate surface area is 212 Å². The summed E-state index contributed by atoms with van der Waals surface area (Å²) in [5.74, 6) is -0.406. The van der Waals surface area contributed by atoms with Crippen molar-refractivity contribution in [3.8, 4) is 23.1 Å². The van der Waals surface area contributed by atoms with Gasteiger partial charge in [-0.3, -0.25) is 14.0 Å². The van der Waals surface area contributed by atoms with Gasteiger partial charge in [0.2, 0.25) is 0 Å². The molecule has 0 saturated carbocycles. The highest BCUT2D eigenvalue weighted by Crippen LogP contribution is 2.32. The van der Waals surface area contributed by atoms with Gasteiger partial charge in [-0.1, -0.05) is 11.6 Å². The lowest BCUT2D eigenvalue weighted by Crippen LogP contribution is -2.47. The zero-order valence-electron chi connectivity index (χ0n) is 20.2. The number of amides is 1. The maximum atomic E-state index is 14.6. The first-order chi connectivity index (χ1) is 17.3. The molecule has 5 rings (SSSR count). The largest absolute Gasteiger partial charge is 0.336 e. The molecule has 8 nitrogen and oxygen atoms in total. The van der Waals surface area contributed by atoms with Crippen molar-refractivity contribution in [2.24, 2.45) is 7.05 Å². The minimum Gasteiger partial charge on any atom is -0.336 e. The number of aryl methyl sites for hydroxylation is 1. The summed E-state index contributed by atoms with van der Waals surface area (Å²) < 4.78 is 18.0. The van der Waals surface area contributed by atoms with Crippen molar-refractivity contribution in [2.75, 3.05) is 20.1 Å². The highest BCUT2D eigenvalue weighted by Gasteiger charge is 2.29. The van der Waals surface area contributed by atoms with Crippen LogP contribution in [0.3, 0.4) is 0 Å². The summed E-state index contributed by atoms with van der Waals surface area (Å²) in [7, 11) is 3.67. The number of aromatic nitrogens is 4. The Bertz CT molecular complexity index is 1530. The highest BCUT2D eigenvalue weighted by atomic mass is 35.5. The molecule has 1 N–H and O–H groups in total. The van der Waals surface area contributed by atoms with Crippen LogP contribution in [0.25, 0.3) is 28.0 Å². The van der Waals surface area contributed by atoms with Crippen LogP contribution >= 0.6 is 11.6 Å². The number of nitrogens with one attached hydrogen (secondary N) is 1. The molecule has 3 heterocycles. The summed E-state index contributed by atoms with van der Waals surface area (Å²) >= 11 is 6.47. The Balaban J connectivity index is 1.68. The van der Waals surface area contributed by atoms with Crippen molar-refractivity contribution in [1.82, 2.24) is 29.5 Å². The molecule has 2 aromatic carbocycles. The van der Waals surface area contributed by atoms with Crippen molar-refractivity contribution in [3.63, 3.8) is 0 Å². The molecule has 1 aliphatic heterocycles. The third-order valence-corrected chi connectivity index (χ3v) is 7.23. The van der Waals surface area contributed by atoms with E-state index < -0.39 is 5.82 Å².